The van der Waals surface area contributed by atoms with Gasteiger partial charge in [0.15, 0.2) is 0 Å². The van der Waals surface area contributed by atoms with Crippen LogP contribution >= 0.6 is 0 Å². The first kappa shape index (κ1) is 41.0. The Morgan fingerprint density at radius 2 is 0.689 bits per heavy atom. The smallest absolute Gasteiger partial charge is 0.430 e. The number of hydrogen-bond donors (Lipinski definition) is 0. The highest BCUT2D eigenvalue weighted by atomic mass is 16.8. The van der Waals surface area contributed by atoms with Crippen LogP contribution in [0.25, 0.3) is 0 Å². The lowest BCUT2D eigenvalue weighted by Crippen LogP contribution is -2.32. The summed E-state index contributed by atoms with van der Waals surface area (Å²) in [5.41, 5.74) is 0. The molecule has 0 bridgehead atoms. The third kappa shape index (κ3) is 26.9. The van der Waals surface area contributed by atoms with Gasteiger partial charge < -0.3 is 56.8 Å². The van der Waals surface area contributed by atoms with Gasteiger partial charge in [-0.05, 0) is 0 Å². The topological polar surface area (TPSA) is 174 Å². The van der Waals surface area contributed by atoms with E-state index in [1.54, 1.807) is 7.11 Å². The molecular weight excluding hydrogens is 606 g/mol. The van der Waals surface area contributed by atoms with Gasteiger partial charge in [-0.2, -0.15) is 0 Å². The Morgan fingerprint density at radius 1 is 0.444 bits per heavy atom. The van der Waals surface area contributed by atoms with Crippen LogP contribution in [-0.2, 0) is 71.3 Å². The van der Waals surface area contributed by atoms with Crippen molar-refractivity contribution in [2.45, 2.75) is 12.8 Å². The SMILES string of the molecule is COCCOCCOCCOCCOCCOCCOCCOCCOCCOCCOCCOC(=O)ON1C(=O)CCC1=O. The quantitative estimate of drug-likeness (QED) is 0.0514. The predicted molar refractivity (Wildman–Crippen MR) is 154 cm³/mol. The first-order valence-corrected chi connectivity index (χ1v) is 15.1. The number of nitrogens with zero attached hydrogens (tertiary/aromatic N) is 1. The lowest BCUT2D eigenvalue weighted by Gasteiger charge is -2.12. The van der Waals surface area contributed by atoms with Crippen molar-refractivity contribution in [2.75, 3.05) is 152 Å². The highest BCUT2D eigenvalue weighted by Crippen LogP contribution is 2.12. The molecule has 1 heterocycles. The molecule has 0 aromatic heterocycles. The molecule has 0 aromatic rings. The molecular formula is C28H51NO16. The molecule has 1 aliphatic rings. The van der Waals surface area contributed by atoms with Crippen molar-refractivity contribution in [3.05, 3.63) is 0 Å². The molecule has 1 saturated heterocycles. The van der Waals surface area contributed by atoms with Gasteiger partial charge in [-0.3, -0.25) is 14.4 Å². The van der Waals surface area contributed by atoms with E-state index >= 15 is 0 Å². The number of methoxy groups -OCH3 is 1. The zero-order valence-corrected chi connectivity index (χ0v) is 26.4. The van der Waals surface area contributed by atoms with Gasteiger partial charge in [0.05, 0.1) is 139 Å². The van der Waals surface area contributed by atoms with E-state index in [0.717, 1.165) is 0 Å². The van der Waals surface area contributed by atoms with Gasteiger partial charge in [0.1, 0.15) is 6.61 Å². The fourth-order valence-corrected chi connectivity index (χ4v) is 3.17. The highest BCUT2D eigenvalue weighted by molar-refractivity contribution is 6.01. The molecule has 0 atom stereocenters. The second-order valence-electron chi connectivity index (χ2n) is 8.89. The number of amides is 2. The molecule has 0 unspecified atom stereocenters. The second kappa shape index (κ2) is 31.9. The van der Waals surface area contributed by atoms with E-state index in [-0.39, 0.29) is 26.1 Å². The fourth-order valence-electron chi connectivity index (χ4n) is 3.17. The summed E-state index contributed by atoms with van der Waals surface area (Å²) in [6, 6.07) is 0. The van der Waals surface area contributed by atoms with Crippen molar-refractivity contribution in [2.24, 2.45) is 0 Å². The number of hydrogen-bond acceptors (Lipinski definition) is 16. The van der Waals surface area contributed by atoms with Crippen LogP contribution in [0, 0.1) is 0 Å². The average Bonchev–Trinajstić information content (AvgIpc) is 3.35. The summed E-state index contributed by atoms with van der Waals surface area (Å²) in [5, 5.41) is 0.419. The van der Waals surface area contributed by atoms with Crippen molar-refractivity contribution in [1.29, 1.82) is 0 Å². The van der Waals surface area contributed by atoms with E-state index in [9.17, 15) is 14.4 Å². The summed E-state index contributed by atoms with van der Waals surface area (Å²) < 4.78 is 63.5. The Hall–Kier alpha value is -2.03. The lowest BCUT2D eigenvalue weighted by atomic mass is 10.4. The maximum Gasteiger partial charge on any atom is 0.534 e. The summed E-state index contributed by atoms with van der Waals surface area (Å²) in [7, 11) is 1.64. The fraction of sp³-hybridized carbons (Fsp3) is 0.893. The number of carbonyl (C=O) groups is 3. The molecule has 264 valence electrons. The molecule has 0 saturated carbocycles. The summed E-state index contributed by atoms with van der Waals surface area (Å²) in [6.07, 6.45) is -1.10. The van der Waals surface area contributed by atoms with E-state index in [1.165, 1.54) is 0 Å². The minimum Gasteiger partial charge on any atom is -0.430 e. The molecule has 2 amide bonds. The molecule has 0 spiro atoms. The first-order chi connectivity index (χ1) is 22.1. The molecule has 45 heavy (non-hydrogen) atoms. The van der Waals surface area contributed by atoms with Crippen LogP contribution in [0.3, 0.4) is 0 Å². The van der Waals surface area contributed by atoms with E-state index in [2.05, 4.69) is 4.84 Å². The van der Waals surface area contributed by atoms with Gasteiger partial charge in [0, 0.05) is 20.0 Å². The van der Waals surface area contributed by atoms with Crippen molar-refractivity contribution in [3.63, 3.8) is 0 Å². The summed E-state index contributed by atoms with van der Waals surface area (Å²) in [4.78, 5) is 38.7. The molecule has 1 fully saturated rings. The molecule has 0 aliphatic carbocycles. The van der Waals surface area contributed by atoms with Gasteiger partial charge in [0.2, 0.25) is 0 Å². The molecule has 0 radical (unpaired) electrons. The Labute approximate surface area is 264 Å². The van der Waals surface area contributed by atoms with Crippen molar-refractivity contribution >= 4 is 18.0 Å². The van der Waals surface area contributed by atoms with Crippen LogP contribution in [-0.4, -0.2) is 175 Å². The predicted octanol–water partition coefficient (Wildman–Crippen LogP) is 0.0160. The lowest BCUT2D eigenvalue weighted by molar-refractivity contribution is -0.177. The zero-order valence-electron chi connectivity index (χ0n) is 26.4. The second-order valence-corrected chi connectivity index (χ2v) is 8.89. The Balaban J connectivity index is 1.65. The number of imide groups is 1. The Kier molecular flexibility index (Phi) is 29.1. The highest BCUT2D eigenvalue weighted by Gasteiger charge is 2.33. The van der Waals surface area contributed by atoms with E-state index in [4.69, 9.17) is 56.8 Å². The monoisotopic (exact) mass is 657 g/mol. The Morgan fingerprint density at radius 3 is 0.956 bits per heavy atom. The number of hydroxylamine groups is 2. The van der Waals surface area contributed by atoms with Crippen LogP contribution in [0.15, 0.2) is 0 Å². The third-order valence-corrected chi connectivity index (χ3v) is 5.40. The largest absolute Gasteiger partial charge is 0.534 e. The molecule has 0 N–H and O–H groups in total. The van der Waals surface area contributed by atoms with Gasteiger partial charge in [-0.25, -0.2) is 4.79 Å². The maximum atomic E-state index is 11.4. The van der Waals surface area contributed by atoms with Crippen molar-refractivity contribution in [1.82, 2.24) is 5.06 Å². The summed E-state index contributed by atoms with van der Waals surface area (Å²) in [5.74, 6) is -1.14. The van der Waals surface area contributed by atoms with Crippen LogP contribution in [0.4, 0.5) is 4.79 Å². The van der Waals surface area contributed by atoms with Crippen LogP contribution in [0.2, 0.25) is 0 Å². The van der Waals surface area contributed by atoms with Gasteiger partial charge >= 0.3 is 6.16 Å². The van der Waals surface area contributed by atoms with Crippen LogP contribution in [0.5, 0.6) is 0 Å². The molecule has 17 heteroatoms. The normalized spacial score (nSPS) is 13.2. The standard InChI is InChI=1S/C28H51NO16/c1-33-4-5-34-6-7-35-8-9-36-10-11-37-12-13-38-14-15-39-16-17-40-18-19-41-20-21-42-22-23-43-24-25-44-28(32)45-29-26(30)2-3-27(29)31/h2-25H2,1H3. The molecule has 17 nitrogen and oxygen atoms in total. The third-order valence-electron chi connectivity index (χ3n) is 5.40. The zero-order chi connectivity index (χ0) is 32.5. The maximum absolute atomic E-state index is 11.4. The number of ether oxygens (including phenoxy) is 12. The minimum atomic E-state index is -1.14. The van der Waals surface area contributed by atoms with Gasteiger partial charge in [0.25, 0.3) is 11.8 Å². The molecule has 0 aromatic carbocycles. The molecule has 1 aliphatic heterocycles. The van der Waals surface area contributed by atoms with Crippen LogP contribution < -0.4 is 0 Å². The minimum absolute atomic E-state index is 0.0178. The number of carbonyl (C=O) groups excluding carboxylic acids is 3. The number of rotatable bonds is 34. The average molecular weight is 658 g/mol. The first-order valence-electron chi connectivity index (χ1n) is 15.1. The molecule has 1 rings (SSSR count). The summed E-state index contributed by atoms with van der Waals surface area (Å²) >= 11 is 0. The van der Waals surface area contributed by atoms with E-state index in [1.807, 2.05) is 0 Å². The Bertz CT molecular complexity index is 700. The van der Waals surface area contributed by atoms with Crippen molar-refractivity contribution < 1.29 is 76.1 Å². The van der Waals surface area contributed by atoms with E-state index in [0.29, 0.717) is 137 Å². The van der Waals surface area contributed by atoms with Gasteiger partial charge in [-0.15, -0.1) is 0 Å². The van der Waals surface area contributed by atoms with Crippen LogP contribution in [0.1, 0.15) is 12.8 Å². The van der Waals surface area contributed by atoms with E-state index < -0.39 is 18.0 Å². The summed E-state index contributed by atoms with van der Waals surface area (Å²) in [6.45, 7) is 9.50. The van der Waals surface area contributed by atoms with Gasteiger partial charge in [-0.1, -0.05) is 5.06 Å². The van der Waals surface area contributed by atoms with Crippen molar-refractivity contribution in [3.8, 4) is 0 Å².